The highest BCUT2D eigenvalue weighted by Crippen LogP contribution is 2.40. The van der Waals surface area contributed by atoms with Gasteiger partial charge in [-0.05, 0) is 136 Å². The minimum absolute atomic E-state index is 0.0333. The van der Waals surface area contributed by atoms with Gasteiger partial charge in [0.25, 0.3) is 23.6 Å². The first-order valence-electron chi connectivity index (χ1n) is 19.5. The van der Waals surface area contributed by atoms with E-state index in [1.54, 1.807) is 0 Å². The fraction of sp³-hybridized carbons (Fsp3) is 0.538. The van der Waals surface area contributed by atoms with Gasteiger partial charge in [0.05, 0.1) is 118 Å². The minimum atomic E-state index is -1.57. The molecule has 21 nitrogen and oxygen atoms in total. The Balaban J connectivity index is 2.83. The van der Waals surface area contributed by atoms with Crippen LogP contribution in [0.15, 0.2) is 0 Å². The summed E-state index contributed by atoms with van der Waals surface area (Å²) in [6.07, 6.45) is -5.87. The molecule has 4 atom stereocenters. The number of benzene rings is 2. The number of nitrogens with zero attached hydrogens (tertiary/aromatic N) is 2. The molecule has 6 amide bonds. The second kappa shape index (κ2) is 30.2. The van der Waals surface area contributed by atoms with Crippen LogP contribution in [0.3, 0.4) is 0 Å². The molecule has 0 aliphatic carbocycles. The molecule has 9 N–H and O–H groups in total. The summed E-state index contributed by atoms with van der Waals surface area (Å²) in [4.78, 5) is 85.1. The van der Waals surface area contributed by atoms with E-state index in [0.29, 0.717) is 0 Å². The molecule has 370 valence electrons. The Morgan fingerprint density at radius 2 is 0.636 bits per heavy atom. The van der Waals surface area contributed by atoms with E-state index in [2.05, 4.69) is 21.3 Å². The van der Waals surface area contributed by atoms with E-state index in [-0.39, 0.29) is 108 Å². The van der Waals surface area contributed by atoms with Crippen molar-refractivity contribution in [3.8, 4) is 0 Å². The molecule has 2 rings (SSSR count). The van der Waals surface area contributed by atoms with Crippen molar-refractivity contribution in [1.82, 2.24) is 21.3 Å². The maximum atomic E-state index is 13.9. The van der Waals surface area contributed by atoms with Crippen LogP contribution in [0.25, 0.3) is 0 Å². The lowest BCUT2D eigenvalue weighted by molar-refractivity contribution is -0.117. The first-order chi connectivity index (χ1) is 31.0. The van der Waals surface area contributed by atoms with Crippen molar-refractivity contribution in [2.45, 2.75) is 44.4 Å². The van der Waals surface area contributed by atoms with E-state index in [1.807, 2.05) is 136 Å². The van der Waals surface area contributed by atoms with Crippen LogP contribution in [-0.2, 0) is 28.5 Å². The Labute approximate surface area is 463 Å². The molecule has 0 aliphatic heterocycles. The van der Waals surface area contributed by atoms with Crippen LogP contribution in [0.1, 0.15) is 55.3 Å². The van der Waals surface area contributed by atoms with Crippen LogP contribution in [0.2, 0.25) is 0 Å². The number of amides is 6. The molecule has 0 aliphatic rings. The molecule has 0 saturated carbocycles. The third-order valence-electron chi connectivity index (χ3n) is 9.01. The molecule has 66 heavy (non-hydrogen) atoms. The SMILES string of the molecule is COCC(O)CNC(=O)c1c(I)c(C(=O)NCC(O)COC)c(I)c(N(CC(O)CN(C(C)=O)c2c(I)c(C(=O)NCC(O)COC)c(I)c(C(=O)NCC(O)COC)c2I)C(C)=O)c1I. The lowest BCUT2D eigenvalue weighted by Gasteiger charge is -2.32. The molecular weight excluding hydrogens is 1550 g/mol. The van der Waals surface area contributed by atoms with Gasteiger partial charge in [-0.3, -0.25) is 28.8 Å². The normalized spacial score (nSPS) is 13.5. The number of nitrogens with one attached hydrogen (secondary N) is 4. The molecular formula is C39H52I6N6O15. The fourth-order valence-corrected chi connectivity index (χ4v) is 15.5. The zero-order chi connectivity index (χ0) is 50.2. The Morgan fingerprint density at radius 1 is 0.424 bits per heavy atom. The summed E-state index contributed by atoms with van der Waals surface area (Å²) in [5.41, 5.74) is -0.0122. The number of ether oxygens (including phenoxy) is 4. The third-order valence-corrected chi connectivity index (χ3v) is 15.4. The number of anilines is 2. The van der Waals surface area contributed by atoms with Gasteiger partial charge in [0, 0.05) is 75.6 Å². The molecule has 2 aromatic carbocycles. The van der Waals surface area contributed by atoms with Crippen LogP contribution in [0.5, 0.6) is 0 Å². The number of halogens is 6. The van der Waals surface area contributed by atoms with Crippen molar-refractivity contribution < 1.29 is 73.2 Å². The summed E-state index contributed by atoms with van der Waals surface area (Å²) < 4.78 is 21.0. The first-order valence-corrected chi connectivity index (χ1v) is 25.9. The van der Waals surface area contributed by atoms with Gasteiger partial charge in [-0.25, -0.2) is 0 Å². The minimum Gasteiger partial charge on any atom is -0.389 e. The molecule has 0 spiro atoms. The van der Waals surface area contributed by atoms with E-state index >= 15 is 0 Å². The fourth-order valence-electron chi connectivity index (χ4n) is 6.01. The van der Waals surface area contributed by atoms with Crippen molar-refractivity contribution in [2.75, 3.05) is 104 Å². The monoisotopic (exact) mass is 1610 g/mol. The highest BCUT2D eigenvalue weighted by molar-refractivity contribution is 14.1. The molecule has 0 radical (unpaired) electrons. The Hall–Kier alpha value is -0.720. The number of aliphatic hydroxyl groups excluding tert-OH is 5. The van der Waals surface area contributed by atoms with E-state index in [9.17, 15) is 54.3 Å². The summed E-state index contributed by atoms with van der Waals surface area (Å²) in [5.74, 6) is -4.10. The van der Waals surface area contributed by atoms with Crippen LogP contribution in [-0.4, -0.2) is 186 Å². The van der Waals surface area contributed by atoms with Crippen molar-refractivity contribution in [1.29, 1.82) is 0 Å². The molecule has 0 aromatic heterocycles. The van der Waals surface area contributed by atoms with E-state index in [4.69, 9.17) is 18.9 Å². The largest absolute Gasteiger partial charge is 0.389 e. The summed E-state index contributed by atoms with van der Waals surface area (Å²) in [7, 11) is 5.52. The third kappa shape index (κ3) is 17.3. The van der Waals surface area contributed by atoms with Gasteiger partial charge < -0.3 is 75.5 Å². The van der Waals surface area contributed by atoms with Gasteiger partial charge in [0.2, 0.25) is 11.8 Å². The zero-order valence-corrected chi connectivity index (χ0v) is 49.4. The number of carbonyl (C=O) groups excluding carboxylic acids is 6. The molecule has 2 aromatic rings. The van der Waals surface area contributed by atoms with E-state index < -0.39 is 79.1 Å². The van der Waals surface area contributed by atoms with Crippen molar-refractivity contribution in [2.24, 2.45) is 0 Å². The summed E-state index contributed by atoms with van der Waals surface area (Å²) in [6, 6.07) is 0. The summed E-state index contributed by atoms with van der Waals surface area (Å²) in [6.45, 7) is 0.133. The number of methoxy groups -OCH3 is 4. The average Bonchev–Trinajstić information content (AvgIpc) is 3.23. The van der Waals surface area contributed by atoms with Gasteiger partial charge in [-0.1, -0.05) is 0 Å². The maximum absolute atomic E-state index is 13.9. The Bertz CT molecular complexity index is 1820. The first kappa shape index (κ1) is 61.4. The number of hydrogen-bond donors (Lipinski definition) is 9. The summed E-state index contributed by atoms with van der Waals surface area (Å²) >= 11 is 11.1. The quantitative estimate of drug-likeness (QED) is 0.0595. The molecule has 0 fully saturated rings. The zero-order valence-electron chi connectivity index (χ0n) is 36.4. The lowest BCUT2D eigenvalue weighted by Crippen LogP contribution is -2.45. The highest BCUT2D eigenvalue weighted by Gasteiger charge is 2.35. The number of rotatable bonds is 26. The van der Waals surface area contributed by atoms with Crippen molar-refractivity contribution >= 4 is 182 Å². The highest BCUT2D eigenvalue weighted by atomic mass is 127. The van der Waals surface area contributed by atoms with Gasteiger partial charge in [0.15, 0.2) is 0 Å². The number of carbonyl (C=O) groups is 6. The second-order valence-electron chi connectivity index (χ2n) is 14.3. The van der Waals surface area contributed by atoms with Crippen LogP contribution in [0, 0.1) is 21.4 Å². The Morgan fingerprint density at radius 3 is 0.818 bits per heavy atom. The topological polar surface area (TPSA) is 295 Å². The van der Waals surface area contributed by atoms with E-state index in [0.717, 1.165) is 9.80 Å². The molecule has 27 heteroatoms. The lowest BCUT2D eigenvalue weighted by atomic mass is 10.1. The van der Waals surface area contributed by atoms with Gasteiger partial charge in [-0.15, -0.1) is 0 Å². The molecule has 4 unspecified atom stereocenters. The second-order valence-corrected chi connectivity index (χ2v) is 20.7. The Kier molecular flexibility index (Phi) is 28.1. The van der Waals surface area contributed by atoms with Gasteiger partial charge in [0.1, 0.15) is 0 Å². The maximum Gasteiger partial charge on any atom is 0.253 e. The number of aliphatic hydroxyl groups is 5. The van der Waals surface area contributed by atoms with Crippen LogP contribution < -0.4 is 31.1 Å². The molecule has 0 bridgehead atoms. The van der Waals surface area contributed by atoms with Crippen molar-refractivity contribution in [3.05, 3.63) is 43.7 Å². The van der Waals surface area contributed by atoms with Gasteiger partial charge in [-0.2, -0.15) is 0 Å². The van der Waals surface area contributed by atoms with Gasteiger partial charge >= 0.3 is 0 Å². The van der Waals surface area contributed by atoms with Crippen LogP contribution in [0.4, 0.5) is 11.4 Å². The predicted octanol–water partition coefficient (Wildman–Crippen LogP) is 1.03. The molecule has 0 saturated heterocycles. The molecule has 0 heterocycles. The average molecular weight is 1610 g/mol. The summed E-state index contributed by atoms with van der Waals surface area (Å²) in [5, 5.41) is 63.5. The standard InChI is InChI=1S/C39H52I6N6O15/c1-17(52)50(34-30(42)24(36(59)46-7-19(54)13-63-3)28(40)25(31(34)43)37(60)47-8-20(55)14-64-4)11-23(58)12-51(18(2)53)35-32(44)26(38(61)48-9-21(56)15-65-5)29(41)27(33(35)45)39(62)49-10-22(57)16-66-6/h19-23,54-58H,7-16H2,1-6H3,(H,46,59)(H,47,60)(H,48,61)(H,49,62). The van der Waals surface area contributed by atoms with E-state index in [1.165, 1.54) is 42.3 Å². The van der Waals surface area contributed by atoms with Crippen LogP contribution >= 0.6 is 136 Å². The number of hydrogen-bond acceptors (Lipinski definition) is 15. The predicted molar refractivity (Wildman–Crippen MR) is 292 cm³/mol. The van der Waals surface area contributed by atoms with Crippen molar-refractivity contribution in [3.63, 3.8) is 0 Å². The smallest absolute Gasteiger partial charge is 0.253 e.